The zero-order valence-corrected chi connectivity index (χ0v) is 5.48. The van der Waals surface area contributed by atoms with Crippen molar-refractivity contribution in [2.75, 3.05) is 17.2 Å². The lowest BCUT2D eigenvalue weighted by Gasteiger charge is -1.82. The van der Waals surface area contributed by atoms with Crippen LogP contribution < -0.4 is 17.2 Å². The van der Waals surface area contributed by atoms with Crippen LogP contribution in [0.15, 0.2) is 4.42 Å². The lowest BCUT2D eigenvalue weighted by Crippen LogP contribution is -1.93. The average Bonchev–Trinajstić information content (AvgIpc) is 2.37. The molecular weight excluding hydrogens is 148 g/mol. The number of nitrogen functional groups attached to an aromatic ring is 3. The highest BCUT2D eigenvalue weighted by Gasteiger charge is 2.11. The molecule has 0 aliphatic heterocycles. The third kappa shape index (κ3) is 0.613. The molecule has 0 radical (unpaired) electrons. The molecular formula is C4H6N6O. The Morgan fingerprint density at radius 1 is 1.18 bits per heavy atom. The molecule has 0 saturated carbocycles. The maximum Gasteiger partial charge on any atom is 0.313 e. The van der Waals surface area contributed by atoms with Crippen molar-refractivity contribution >= 4 is 23.2 Å². The van der Waals surface area contributed by atoms with Crippen LogP contribution in [0.4, 0.5) is 17.5 Å². The van der Waals surface area contributed by atoms with E-state index in [-0.39, 0.29) is 23.2 Å². The van der Waals surface area contributed by atoms with Crippen molar-refractivity contribution < 1.29 is 4.42 Å². The molecule has 2 heterocycles. The van der Waals surface area contributed by atoms with Gasteiger partial charge in [-0.3, -0.25) is 0 Å². The van der Waals surface area contributed by atoms with E-state index >= 15 is 0 Å². The van der Waals surface area contributed by atoms with Crippen LogP contribution in [-0.2, 0) is 0 Å². The lowest BCUT2D eigenvalue weighted by atomic mass is 10.5. The predicted molar refractivity (Wildman–Crippen MR) is 38.5 cm³/mol. The van der Waals surface area contributed by atoms with Crippen LogP contribution in [0, 0.1) is 0 Å². The summed E-state index contributed by atoms with van der Waals surface area (Å²) in [4.78, 5) is 0. The highest BCUT2D eigenvalue weighted by Crippen LogP contribution is 2.20. The van der Waals surface area contributed by atoms with Crippen molar-refractivity contribution in [1.29, 1.82) is 0 Å². The van der Waals surface area contributed by atoms with E-state index in [1.54, 1.807) is 0 Å². The van der Waals surface area contributed by atoms with Crippen LogP contribution in [0.25, 0.3) is 5.71 Å². The van der Waals surface area contributed by atoms with Gasteiger partial charge < -0.3 is 21.6 Å². The number of anilines is 3. The average molecular weight is 154 g/mol. The van der Waals surface area contributed by atoms with E-state index in [0.717, 1.165) is 4.63 Å². The Morgan fingerprint density at radius 2 is 1.91 bits per heavy atom. The molecule has 0 unspecified atom stereocenters. The van der Waals surface area contributed by atoms with Crippen LogP contribution in [-0.4, -0.2) is 14.8 Å². The van der Waals surface area contributed by atoms with Gasteiger partial charge in [-0.05, 0) is 0 Å². The number of hydrogen-bond acceptors (Lipinski definition) is 6. The Morgan fingerprint density at radius 3 is 2.55 bits per heavy atom. The third-order valence-corrected chi connectivity index (χ3v) is 1.28. The van der Waals surface area contributed by atoms with Gasteiger partial charge in [-0.2, -0.15) is 0 Å². The maximum absolute atomic E-state index is 5.45. The van der Waals surface area contributed by atoms with Crippen molar-refractivity contribution in [2.24, 2.45) is 0 Å². The monoisotopic (exact) mass is 154 g/mol. The molecule has 7 heteroatoms. The number of rotatable bonds is 0. The molecule has 11 heavy (non-hydrogen) atoms. The number of fused-ring (bicyclic) bond motifs is 1. The molecule has 58 valence electrons. The quantitative estimate of drug-likeness (QED) is 0.450. The lowest BCUT2D eigenvalue weighted by molar-refractivity contribution is 0.624. The van der Waals surface area contributed by atoms with Crippen LogP contribution in [0.1, 0.15) is 0 Å². The van der Waals surface area contributed by atoms with Gasteiger partial charge in [0.2, 0.25) is 0 Å². The molecule has 0 spiro atoms. The van der Waals surface area contributed by atoms with Gasteiger partial charge in [0, 0.05) is 0 Å². The Bertz CT molecular complexity index is 400. The molecule has 6 N–H and O–H groups in total. The minimum atomic E-state index is 0.0131. The smallest absolute Gasteiger partial charge is 0.313 e. The molecule has 0 aliphatic rings. The van der Waals surface area contributed by atoms with Gasteiger partial charge in [0.25, 0.3) is 5.71 Å². The molecule has 0 bridgehead atoms. The maximum atomic E-state index is 5.45. The first-order valence-corrected chi connectivity index (χ1v) is 2.85. The van der Waals surface area contributed by atoms with Crippen LogP contribution in [0.5, 0.6) is 0 Å². The van der Waals surface area contributed by atoms with Crippen LogP contribution in [0.2, 0.25) is 0 Å². The summed E-state index contributed by atoms with van der Waals surface area (Å²) in [5, 5.41) is 7.37. The summed E-state index contributed by atoms with van der Waals surface area (Å²) in [6.07, 6.45) is 0. The zero-order valence-electron chi connectivity index (χ0n) is 5.48. The molecule has 2 rings (SSSR count). The SMILES string of the molecule is Nc1nn2nc(N)c(N)c2o1. The number of hydrogen-bond donors (Lipinski definition) is 3. The second-order valence-corrected chi connectivity index (χ2v) is 2.03. The molecule has 0 aromatic carbocycles. The Kier molecular flexibility index (Phi) is 0.831. The first-order valence-electron chi connectivity index (χ1n) is 2.85. The summed E-state index contributed by atoms with van der Waals surface area (Å²) in [7, 11) is 0. The van der Waals surface area contributed by atoms with E-state index < -0.39 is 0 Å². The van der Waals surface area contributed by atoms with Crippen molar-refractivity contribution in [3.63, 3.8) is 0 Å². The molecule has 0 aliphatic carbocycles. The summed E-state index contributed by atoms with van der Waals surface area (Å²) in [6.45, 7) is 0. The van der Waals surface area contributed by atoms with Gasteiger partial charge in [-0.15, -0.1) is 9.73 Å². The topological polar surface area (TPSA) is 121 Å². The first-order chi connectivity index (χ1) is 5.18. The van der Waals surface area contributed by atoms with Crippen molar-refractivity contribution in [2.45, 2.75) is 0 Å². The van der Waals surface area contributed by atoms with Gasteiger partial charge in [0.15, 0.2) is 5.82 Å². The van der Waals surface area contributed by atoms with Gasteiger partial charge >= 0.3 is 6.01 Å². The minimum absolute atomic E-state index is 0.0131. The van der Waals surface area contributed by atoms with Crippen LogP contribution in [0.3, 0.4) is 0 Å². The molecule has 0 saturated heterocycles. The van der Waals surface area contributed by atoms with Crippen molar-refractivity contribution in [1.82, 2.24) is 14.8 Å². The van der Waals surface area contributed by atoms with Gasteiger partial charge in [0.1, 0.15) is 5.69 Å². The largest absolute Gasteiger partial charge is 0.402 e. The Hall–Kier alpha value is -1.92. The van der Waals surface area contributed by atoms with Gasteiger partial charge in [-0.1, -0.05) is 5.10 Å². The fourth-order valence-electron chi connectivity index (χ4n) is 0.795. The second-order valence-electron chi connectivity index (χ2n) is 2.03. The third-order valence-electron chi connectivity index (χ3n) is 1.28. The number of nitrogens with two attached hydrogens (primary N) is 3. The fourth-order valence-corrected chi connectivity index (χ4v) is 0.795. The fraction of sp³-hybridized carbons (Fsp3) is 0. The van der Waals surface area contributed by atoms with Crippen molar-refractivity contribution in [3.05, 3.63) is 0 Å². The summed E-state index contributed by atoms with van der Waals surface area (Å²) in [6, 6.07) is 0.0131. The number of nitrogens with zero attached hydrogens (tertiary/aromatic N) is 3. The summed E-state index contributed by atoms with van der Waals surface area (Å²) >= 11 is 0. The van der Waals surface area contributed by atoms with E-state index in [1.807, 2.05) is 0 Å². The highest BCUT2D eigenvalue weighted by atomic mass is 16.4. The molecule has 2 aromatic heterocycles. The molecule has 0 amide bonds. The normalized spacial score (nSPS) is 10.9. The Balaban J connectivity index is 2.88. The summed E-state index contributed by atoms with van der Waals surface area (Å²) in [5.41, 5.74) is 16.6. The zero-order chi connectivity index (χ0) is 8.01. The van der Waals surface area contributed by atoms with Gasteiger partial charge in [0.05, 0.1) is 0 Å². The standard InChI is InChI=1S/C4H6N6O/c5-1-2(6)8-10-3(1)11-4(7)9-10/h5H2,(H2,6,8)(H2,7,9). The molecule has 2 aromatic rings. The van der Waals surface area contributed by atoms with E-state index in [0.29, 0.717) is 0 Å². The number of aromatic nitrogens is 3. The predicted octanol–water partition coefficient (Wildman–Crippen LogP) is -0.931. The molecule has 0 atom stereocenters. The van der Waals surface area contributed by atoms with Crippen molar-refractivity contribution in [3.8, 4) is 0 Å². The van der Waals surface area contributed by atoms with E-state index in [4.69, 9.17) is 21.6 Å². The van der Waals surface area contributed by atoms with Gasteiger partial charge in [-0.25, -0.2) is 0 Å². The van der Waals surface area contributed by atoms with Crippen LogP contribution >= 0.6 is 0 Å². The summed E-state index contributed by atoms with van der Waals surface area (Å²) in [5.74, 6) is 0.191. The molecule has 0 fully saturated rings. The van der Waals surface area contributed by atoms with E-state index in [2.05, 4.69) is 10.2 Å². The first kappa shape index (κ1) is 5.83. The van der Waals surface area contributed by atoms with E-state index in [9.17, 15) is 0 Å². The highest BCUT2D eigenvalue weighted by molar-refractivity contribution is 5.74. The summed E-state index contributed by atoms with van der Waals surface area (Å²) < 4.78 is 6.03. The second kappa shape index (κ2) is 1.57. The molecule has 7 nitrogen and oxygen atoms in total. The minimum Gasteiger partial charge on any atom is -0.402 e. The van der Waals surface area contributed by atoms with E-state index in [1.165, 1.54) is 0 Å². The Labute approximate surface area is 60.7 Å².